The van der Waals surface area contributed by atoms with Gasteiger partial charge in [-0.1, -0.05) is 13.3 Å². The summed E-state index contributed by atoms with van der Waals surface area (Å²) in [5.74, 6) is 0.126. The fourth-order valence-corrected chi connectivity index (χ4v) is 3.63. The molecule has 0 radical (unpaired) electrons. The van der Waals surface area contributed by atoms with Crippen molar-refractivity contribution >= 4 is 27.5 Å². The first kappa shape index (κ1) is 14.6. The van der Waals surface area contributed by atoms with Crippen molar-refractivity contribution in [1.82, 2.24) is 14.3 Å². The van der Waals surface area contributed by atoms with Gasteiger partial charge in [-0.05, 0) is 53.7 Å². The van der Waals surface area contributed by atoms with E-state index >= 15 is 0 Å². The van der Waals surface area contributed by atoms with Crippen molar-refractivity contribution in [3.63, 3.8) is 0 Å². The monoisotopic (exact) mass is 349 g/mol. The third-order valence-electron chi connectivity index (χ3n) is 3.97. The van der Waals surface area contributed by atoms with Gasteiger partial charge in [0.25, 0.3) is 5.91 Å². The lowest BCUT2D eigenvalue weighted by Crippen LogP contribution is -2.29. The molecule has 0 N–H and O–H groups in total. The topological polar surface area (TPSA) is 37.6 Å². The van der Waals surface area contributed by atoms with Crippen LogP contribution in [0, 0.1) is 6.92 Å². The summed E-state index contributed by atoms with van der Waals surface area (Å²) in [5, 5.41) is 0. The van der Waals surface area contributed by atoms with E-state index in [-0.39, 0.29) is 5.91 Å². The van der Waals surface area contributed by atoms with E-state index in [4.69, 9.17) is 4.98 Å². The number of aryl methyl sites for hydroxylation is 2. The summed E-state index contributed by atoms with van der Waals surface area (Å²) in [5.41, 5.74) is 3.62. The molecule has 112 valence electrons. The maximum Gasteiger partial charge on any atom is 0.272 e. The third-order valence-corrected chi connectivity index (χ3v) is 4.55. The Balaban J connectivity index is 2.17. The van der Waals surface area contributed by atoms with Crippen molar-refractivity contribution in [2.45, 2.75) is 39.5 Å². The first-order valence-corrected chi connectivity index (χ1v) is 8.37. The van der Waals surface area contributed by atoms with E-state index < -0.39 is 0 Å². The number of aromatic nitrogens is 2. The number of hydrogen-bond donors (Lipinski definition) is 0. The number of likely N-dealkylation sites (tertiary alicyclic amines) is 1. The van der Waals surface area contributed by atoms with E-state index in [1.54, 1.807) is 0 Å². The predicted octanol–water partition coefficient (Wildman–Crippen LogP) is 3.59. The van der Waals surface area contributed by atoms with Crippen molar-refractivity contribution in [1.29, 1.82) is 0 Å². The van der Waals surface area contributed by atoms with E-state index in [1.165, 1.54) is 0 Å². The lowest BCUT2D eigenvalue weighted by molar-refractivity contribution is 0.0785. The smallest absolute Gasteiger partial charge is 0.272 e. The summed E-state index contributed by atoms with van der Waals surface area (Å²) >= 11 is 3.57. The molecule has 3 rings (SSSR count). The second kappa shape index (κ2) is 5.79. The second-order valence-corrected chi connectivity index (χ2v) is 6.57. The molecule has 2 aromatic rings. The minimum absolute atomic E-state index is 0.126. The highest BCUT2D eigenvalue weighted by molar-refractivity contribution is 9.10. The number of hydrogen-bond acceptors (Lipinski definition) is 2. The number of halogens is 1. The standard InChI is InChI=1S/C16H20BrN3O/c1-3-6-13-14(16(21)19-7-4-5-8-19)20-10-11(2)9-12(17)15(20)18-13/h9-10H,3-8H2,1-2H3. The zero-order chi connectivity index (χ0) is 15.0. The molecule has 0 aromatic carbocycles. The van der Waals surface area contributed by atoms with E-state index in [0.29, 0.717) is 0 Å². The molecule has 0 saturated carbocycles. The van der Waals surface area contributed by atoms with Crippen LogP contribution in [-0.4, -0.2) is 33.3 Å². The van der Waals surface area contributed by atoms with Crippen LogP contribution in [0.2, 0.25) is 0 Å². The average Bonchev–Trinajstić information content (AvgIpc) is 3.06. The highest BCUT2D eigenvalue weighted by atomic mass is 79.9. The minimum Gasteiger partial charge on any atom is -0.337 e. The van der Waals surface area contributed by atoms with Crippen molar-refractivity contribution in [3.05, 3.63) is 33.7 Å². The fraction of sp³-hybridized carbons (Fsp3) is 0.500. The molecule has 1 amide bonds. The second-order valence-electron chi connectivity index (χ2n) is 5.72. The first-order chi connectivity index (χ1) is 10.1. The Morgan fingerprint density at radius 1 is 1.38 bits per heavy atom. The van der Waals surface area contributed by atoms with Gasteiger partial charge in [0.1, 0.15) is 5.69 Å². The van der Waals surface area contributed by atoms with Crippen molar-refractivity contribution < 1.29 is 4.79 Å². The molecule has 1 saturated heterocycles. The third kappa shape index (κ3) is 2.59. The summed E-state index contributed by atoms with van der Waals surface area (Å²) in [4.78, 5) is 19.6. The normalized spacial score (nSPS) is 15.1. The summed E-state index contributed by atoms with van der Waals surface area (Å²) in [6.45, 7) is 5.89. The number of amides is 1. The maximum atomic E-state index is 12.9. The van der Waals surface area contributed by atoms with Crippen LogP contribution in [0.5, 0.6) is 0 Å². The quantitative estimate of drug-likeness (QED) is 0.848. The van der Waals surface area contributed by atoms with Crippen LogP contribution in [0.15, 0.2) is 16.7 Å². The summed E-state index contributed by atoms with van der Waals surface area (Å²) in [6.07, 6.45) is 6.04. The first-order valence-electron chi connectivity index (χ1n) is 7.58. The van der Waals surface area contributed by atoms with Crippen molar-refractivity contribution in [2.24, 2.45) is 0 Å². The number of fused-ring (bicyclic) bond motifs is 1. The number of nitrogens with zero attached hydrogens (tertiary/aromatic N) is 3. The molecule has 5 heteroatoms. The average molecular weight is 350 g/mol. The fourth-order valence-electron chi connectivity index (χ4n) is 2.99. The van der Waals surface area contributed by atoms with Crippen LogP contribution in [0.3, 0.4) is 0 Å². The van der Waals surface area contributed by atoms with E-state index in [1.807, 2.05) is 28.5 Å². The molecular formula is C16H20BrN3O. The highest BCUT2D eigenvalue weighted by Crippen LogP contribution is 2.25. The van der Waals surface area contributed by atoms with Crippen LogP contribution < -0.4 is 0 Å². The Bertz CT molecular complexity index is 686. The van der Waals surface area contributed by atoms with E-state index in [9.17, 15) is 4.79 Å². The summed E-state index contributed by atoms with van der Waals surface area (Å²) < 4.78 is 2.91. The molecule has 0 aliphatic carbocycles. The molecular weight excluding hydrogens is 330 g/mol. The van der Waals surface area contributed by atoms with Crippen molar-refractivity contribution in [2.75, 3.05) is 13.1 Å². The molecule has 0 bridgehead atoms. The van der Waals surface area contributed by atoms with Gasteiger partial charge in [-0.3, -0.25) is 9.20 Å². The van der Waals surface area contributed by atoms with Crippen molar-refractivity contribution in [3.8, 4) is 0 Å². The van der Waals surface area contributed by atoms with Gasteiger partial charge in [-0.25, -0.2) is 4.98 Å². The van der Waals surface area contributed by atoms with Crippen LogP contribution in [0.1, 0.15) is 47.9 Å². The van der Waals surface area contributed by atoms with Gasteiger partial charge in [0.15, 0.2) is 5.65 Å². The molecule has 0 unspecified atom stereocenters. The summed E-state index contributed by atoms with van der Waals surface area (Å²) in [7, 11) is 0. The molecule has 1 aliphatic rings. The van der Waals surface area contributed by atoms with Gasteiger partial charge in [-0.15, -0.1) is 0 Å². The van der Waals surface area contributed by atoms with Gasteiger partial charge in [-0.2, -0.15) is 0 Å². The Labute approximate surface area is 133 Å². The lowest BCUT2D eigenvalue weighted by atomic mass is 10.2. The largest absolute Gasteiger partial charge is 0.337 e. The number of carbonyl (C=O) groups is 1. The number of carbonyl (C=O) groups excluding carboxylic acids is 1. The van der Waals surface area contributed by atoms with Gasteiger partial charge in [0.2, 0.25) is 0 Å². The van der Waals surface area contributed by atoms with Crippen LogP contribution in [0.25, 0.3) is 5.65 Å². The Morgan fingerprint density at radius 3 is 2.76 bits per heavy atom. The summed E-state index contributed by atoms with van der Waals surface area (Å²) in [6, 6.07) is 2.04. The SMILES string of the molecule is CCCc1nc2c(Br)cc(C)cn2c1C(=O)N1CCCC1. The highest BCUT2D eigenvalue weighted by Gasteiger charge is 2.26. The zero-order valence-corrected chi connectivity index (χ0v) is 14.1. The molecule has 4 nitrogen and oxygen atoms in total. The number of rotatable bonds is 3. The molecule has 1 aliphatic heterocycles. The zero-order valence-electron chi connectivity index (χ0n) is 12.5. The Morgan fingerprint density at radius 2 is 2.10 bits per heavy atom. The molecule has 2 aromatic heterocycles. The van der Waals surface area contributed by atoms with Crippen LogP contribution in [-0.2, 0) is 6.42 Å². The lowest BCUT2D eigenvalue weighted by Gasteiger charge is -2.16. The van der Waals surface area contributed by atoms with Gasteiger partial charge in [0, 0.05) is 19.3 Å². The molecule has 3 heterocycles. The number of imidazole rings is 1. The molecule has 1 fully saturated rings. The molecule has 21 heavy (non-hydrogen) atoms. The van der Waals surface area contributed by atoms with Gasteiger partial charge in [0.05, 0.1) is 10.2 Å². The maximum absolute atomic E-state index is 12.9. The predicted molar refractivity (Wildman–Crippen MR) is 86.8 cm³/mol. The molecule has 0 atom stereocenters. The van der Waals surface area contributed by atoms with E-state index in [0.717, 1.165) is 65.8 Å². The number of pyridine rings is 1. The Hall–Kier alpha value is -1.36. The van der Waals surface area contributed by atoms with Gasteiger partial charge >= 0.3 is 0 Å². The van der Waals surface area contributed by atoms with Crippen LogP contribution >= 0.6 is 15.9 Å². The van der Waals surface area contributed by atoms with E-state index in [2.05, 4.69) is 22.9 Å². The minimum atomic E-state index is 0.126. The van der Waals surface area contributed by atoms with Crippen LogP contribution in [0.4, 0.5) is 0 Å². The Kier molecular flexibility index (Phi) is 4.02. The van der Waals surface area contributed by atoms with Gasteiger partial charge < -0.3 is 4.90 Å². The molecule has 0 spiro atoms.